The van der Waals surface area contributed by atoms with E-state index in [1.54, 1.807) is 11.3 Å². The van der Waals surface area contributed by atoms with E-state index in [4.69, 9.17) is 0 Å². The second kappa shape index (κ2) is 8.74. The predicted molar refractivity (Wildman–Crippen MR) is 145 cm³/mol. The summed E-state index contributed by atoms with van der Waals surface area (Å²) in [4.78, 5) is 33.6. The zero-order chi connectivity index (χ0) is 25.1. The minimum absolute atomic E-state index is 0.214. The third-order valence-corrected chi connectivity index (χ3v) is 9.50. The molecule has 7 rings (SSSR count). The number of carbonyl (C=O) groups is 1. The van der Waals surface area contributed by atoms with E-state index in [0.717, 1.165) is 73.2 Å². The van der Waals surface area contributed by atoms with Gasteiger partial charge in [-0.15, -0.1) is 11.3 Å². The summed E-state index contributed by atoms with van der Waals surface area (Å²) < 4.78 is 2.04. The van der Waals surface area contributed by atoms with Crippen LogP contribution in [0.5, 0.6) is 0 Å². The van der Waals surface area contributed by atoms with Crippen molar-refractivity contribution < 1.29 is 4.79 Å². The van der Waals surface area contributed by atoms with E-state index in [1.807, 2.05) is 29.8 Å². The number of likely N-dealkylation sites (tertiary alicyclic amines) is 2. The quantitative estimate of drug-likeness (QED) is 0.399. The van der Waals surface area contributed by atoms with E-state index in [-0.39, 0.29) is 5.91 Å². The van der Waals surface area contributed by atoms with Crippen molar-refractivity contribution in [3.8, 4) is 11.4 Å². The molecule has 1 aromatic carbocycles. The number of imidazole rings is 1. The van der Waals surface area contributed by atoms with Gasteiger partial charge in [-0.25, -0.2) is 15.0 Å². The number of fused-ring (bicyclic) bond motifs is 2. The number of benzene rings is 1. The van der Waals surface area contributed by atoms with Crippen molar-refractivity contribution in [3.63, 3.8) is 0 Å². The molecule has 0 radical (unpaired) electrons. The molecule has 1 aliphatic carbocycles. The normalized spacial score (nSPS) is 20.9. The lowest BCUT2D eigenvalue weighted by Crippen LogP contribution is -2.61. The zero-order valence-corrected chi connectivity index (χ0v) is 22.3. The van der Waals surface area contributed by atoms with Gasteiger partial charge in [0.05, 0.1) is 12.1 Å². The first kappa shape index (κ1) is 23.0. The molecule has 2 fully saturated rings. The zero-order valence-electron chi connectivity index (χ0n) is 21.5. The van der Waals surface area contributed by atoms with Crippen molar-refractivity contribution in [1.82, 2.24) is 29.2 Å². The van der Waals surface area contributed by atoms with E-state index < -0.39 is 0 Å². The molecule has 1 unspecified atom stereocenters. The summed E-state index contributed by atoms with van der Waals surface area (Å²) >= 11 is 1.67. The molecule has 0 bridgehead atoms. The van der Waals surface area contributed by atoms with Crippen molar-refractivity contribution in [2.75, 3.05) is 26.2 Å². The second-order valence-electron chi connectivity index (χ2n) is 11.2. The molecule has 7 nitrogen and oxygen atoms in total. The summed E-state index contributed by atoms with van der Waals surface area (Å²) in [6, 6.07) is 9.26. The number of nitrogens with zero attached hydrogens (tertiary/aromatic N) is 6. The summed E-state index contributed by atoms with van der Waals surface area (Å²) in [6.07, 6.45) is 10.8. The fourth-order valence-corrected chi connectivity index (χ4v) is 7.42. The van der Waals surface area contributed by atoms with Crippen LogP contribution in [0.4, 0.5) is 0 Å². The average Bonchev–Trinajstić information content (AvgIpc) is 3.54. The Morgan fingerprint density at radius 2 is 1.95 bits per heavy atom. The number of thiazole rings is 1. The minimum atomic E-state index is 0.214. The standard InChI is InChI=1S/C29H32N6OS/c1-19-7-10-30-27(31-19)22-3-5-24-21(13-22)4-6-25(24)35-17-29(18-35)8-11-33(12-9-29)26(36)14-23-16-34-15-20(2)37-28(34)32-23/h3,5,7,10,13,15-16,25H,4,6,8-9,11-12,14,17-18H2,1-2H3. The number of rotatable bonds is 4. The van der Waals surface area contributed by atoms with Gasteiger partial charge in [0.1, 0.15) is 0 Å². The Morgan fingerprint density at radius 1 is 1.11 bits per heavy atom. The largest absolute Gasteiger partial charge is 0.342 e. The first-order chi connectivity index (χ1) is 17.9. The highest BCUT2D eigenvalue weighted by atomic mass is 32.1. The van der Waals surface area contributed by atoms with Crippen LogP contribution in [0.25, 0.3) is 16.3 Å². The Labute approximate surface area is 221 Å². The van der Waals surface area contributed by atoms with Crippen molar-refractivity contribution in [3.05, 3.63) is 70.2 Å². The van der Waals surface area contributed by atoms with Crippen LogP contribution in [0, 0.1) is 19.3 Å². The fraction of sp³-hybridized carbons (Fsp3) is 0.448. The lowest BCUT2D eigenvalue weighted by atomic mass is 9.71. The van der Waals surface area contributed by atoms with Gasteiger partial charge in [-0.1, -0.05) is 12.1 Å². The van der Waals surface area contributed by atoms with Gasteiger partial charge >= 0.3 is 0 Å². The number of aromatic nitrogens is 4. The molecule has 3 aliphatic rings. The van der Waals surface area contributed by atoms with E-state index in [9.17, 15) is 4.79 Å². The topological polar surface area (TPSA) is 66.6 Å². The summed E-state index contributed by atoms with van der Waals surface area (Å²) in [5, 5.41) is 0. The number of amides is 1. The first-order valence-electron chi connectivity index (χ1n) is 13.3. The van der Waals surface area contributed by atoms with Crippen molar-refractivity contribution in [2.24, 2.45) is 5.41 Å². The van der Waals surface area contributed by atoms with Gasteiger partial charge in [0.2, 0.25) is 5.91 Å². The molecule has 4 aromatic rings. The second-order valence-corrected chi connectivity index (χ2v) is 12.4. The van der Waals surface area contributed by atoms with Crippen LogP contribution in [0.3, 0.4) is 0 Å². The molecule has 0 N–H and O–H groups in total. The maximum Gasteiger partial charge on any atom is 0.228 e. The molecule has 2 saturated heterocycles. The third-order valence-electron chi connectivity index (χ3n) is 8.59. The Bertz CT molecular complexity index is 1460. The van der Waals surface area contributed by atoms with Crippen molar-refractivity contribution >= 4 is 22.2 Å². The third kappa shape index (κ3) is 4.16. The number of carbonyl (C=O) groups excluding carboxylic acids is 1. The van der Waals surface area contributed by atoms with Gasteiger partial charge in [-0.2, -0.15) is 0 Å². The van der Waals surface area contributed by atoms with Gasteiger partial charge in [0.25, 0.3) is 0 Å². The Hall–Kier alpha value is -3.10. The Kier molecular flexibility index (Phi) is 5.44. The molecule has 3 aromatic heterocycles. The number of hydrogen-bond acceptors (Lipinski definition) is 6. The molecule has 37 heavy (non-hydrogen) atoms. The van der Waals surface area contributed by atoms with Crippen LogP contribution in [-0.2, 0) is 17.6 Å². The summed E-state index contributed by atoms with van der Waals surface area (Å²) in [7, 11) is 0. The summed E-state index contributed by atoms with van der Waals surface area (Å²) in [5.74, 6) is 1.03. The van der Waals surface area contributed by atoms with Gasteiger partial charge < -0.3 is 4.90 Å². The minimum Gasteiger partial charge on any atom is -0.342 e. The van der Waals surface area contributed by atoms with Gasteiger partial charge in [0, 0.05) is 66.9 Å². The summed E-state index contributed by atoms with van der Waals surface area (Å²) in [5.41, 5.74) is 6.30. The molecular weight excluding hydrogens is 480 g/mol. The maximum atomic E-state index is 13.0. The van der Waals surface area contributed by atoms with Gasteiger partial charge in [0.15, 0.2) is 10.8 Å². The molecule has 190 valence electrons. The molecule has 8 heteroatoms. The van der Waals surface area contributed by atoms with Crippen molar-refractivity contribution in [2.45, 2.75) is 52.0 Å². The number of hydrogen-bond donors (Lipinski definition) is 0. The predicted octanol–water partition coefficient (Wildman–Crippen LogP) is 4.62. The number of aryl methyl sites for hydroxylation is 3. The lowest BCUT2D eigenvalue weighted by molar-refractivity contribution is -0.136. The monoisotopic (exact) mass is 512 g/mol. The van der Waals surface area contributed by atoms with E-state index in [2.05, 4.69) is 56.1 Å². The lowest BCUT2D eigenvalue weighted by Gasteiger charge is -2.56. The van der Waals surface area contributed by atoms with Crippen LogP contribution in [-0.4, -0.2) is 61.2 Å². The van der Waals surface area contributed by atoms with Gasteiger partial charge in [-0.05, 0) is 68.2 Å². The molecule has 1 spiro atoms. The molecule has 1 atom stereocenters. The average molecular weight is 513 g/mol. The smallest absolute Gasteiger partial charge is 0.228 e. The van der Waals surface area contributed by atoms with Crippen LogP contribution in [0.2, 0.25) is 0 Å². The highest BCUT2D eigenvalue weighted by Gasteiger charge is 2.48. The molecule has 2 aliphatic heterocycles. The van der Waals surface area contributed by atoms with E-state index in [1.165, 1.54) is 22.4 Å². The van der Waals surface area contributed by atoms with Crippen LogP contribution in [0.15, 0.2) is 42.9 Å². The van der Waals surface area contributed by atoms with Crippen LogP contribution >= 0.6 is 11.3 Å². The fourth-order valence-electron chi connectivity index (χ4n) is 6.60. The van der Waals surface area contributed by atoms with Gasteiger partial charge in [-0.3, -0.25) is 14.1 Å². The number of piperidine rings is 1. The summed E-state index contributed by atoms with van der Waals surface area (Å²) in [6.45, 7) is 8.14. The highest BCUT2D eigenvalue weighted by Crippen LogP contribution is 2.48. The molecular formula is C29H32N6OS. The molecule has 1 amide bonds. The van der Waals surface area contributed by atoms with Crippen molar-refractivity contribution in [1.29, 1.82) is 0 Å². The SMILES string of the molecule is Cc1ccnc(-c2ccc3c(c2)CCC3N2CC3(CCN(C(=O)Cc4cn5cc(C)sc5n4)CC3)C2)n1. The Balaban J connectivity index is 0.951. The first-order valence-corrected chi connectivity index (χ1v) is 14.2. The van der Waals surface area contributed by atoms with Crippen LogP contribution in [0.1, 0.15) is 52.7 Å². The molecule has 5 heterocycles. The highest BCUT2D eigenvalue weighted by molar-refractivity contribution is 7.16. The molecule has 0 saturated carbocycles. The van der Waals surface area contributed by atoms with E-state index >= 15 is 0 Å². The van der Waals surface area contributed by atoms with E-state index in [0.29, 0.717) is 17.9 Å². The van der Waals surface area contributed by atoms with Crippen LogP contribution < -0.4 is 0 Å². The maximum absolute atomic E-state index is 13.0. The Morgan fingerprint density at radius 3 is 2.73 bits per heavy atom.